The van der Waals surface area contributed by atoms with Gasteiger partial charge in [-0.25, -0.2) is 0 Å². The van der Waals surface area contributed by atoms with Gasteiger partial charge in [0.1, 0.15) is 11.2 Å². The quantitative estimate of drug-likeness (QED) is 0.193. The molecule has 1 aliphatic rings. The zero-order valence-electron chi connectivity index (χ0n) is 27.4. The molecule has 9 aromatic rings. The fourth-order valence-corrected chi connectivity index (χ4v) is 8.29. The summed E-state index contributed by atoms with van der Waals surface area (Å²) in [5, 5.41) is 7.16. The fraction of sp³-hybridized carbons (Fsp3) is 0.0638. The highest BCUT2D eigenvalue weighted by molar-refractivity contribution is 6.12. The molecule has 2 heteroatoms. The highest BCUT2D eigenvalue weighted by atomic mass is 16.3. The Balaban J connectivity index is 1.29. The Morgan fingerprint density at radius 2 is 1.04 bits per heavy atom. The molecule has 2 nitrogen and oxygen atoms in total. The highest BCUT2D eigenvalue weighted by Crippen LogP contribution is 2.52. The molecule has 232 valence electrons. The van der Waals surface area contributed by atoms with Crippen LogP contribution in [0.3, 0.4) is 0 Å². The number of para-hydroxylation sites is 1. The second-order valence-electron chi connectivity index (χ2n) is 13.7. The topological polar surface area (TPSA) is 16.4 Å². The molecular weight excluding hydrogens is 595 g/mol. The van der Waals surface area contributed by atoms with Gasteiger partial charge in [-0.3, -0.25) is 0 Å². The van der Waals surface area contributed by atoms with Crippen molar-refractivity contribution in [3.63, 3.8) is 0 Å². The number of fused-ring (bicyclic) bond motifs is 8. The Morgan fingerprint density at radius 1 is 0.429 bits per heavy atom. The summed E-state index contributed by atoms with van der Waals surface area (Å²) in [4.78, 5) is 2.44. The molecule has 0 spiro atoms. The van der Waals surface area contributed by atoms with E-state index in [9.17, 15) is 0 Å². The maximum Gasteiger partial charge on any atom is 0.137 e. The van der Waals surface area contributed by atoms with E-state index in [1.54, 1.807) is 0 Å². The van der Waals surface area contributed by atoms with Gasteiger partial charge in [-0.05, 0) is 85.8 Å². The number of hydrogen-bond acceptors (Lipinski definition) is 2. The summed E-state index contributed by atoms with van der Waals surface area (Å²) in [6.45, 7) is 4.70. The summed E-state index contributed by atoms with van der Waals surface area (Å²) in [5.41, 5.74) is 12.7. The lowest BCUT2D eigenvalue weighted by Gasteiger charge is -2.30. The van der Waals surface area contributed by atoms with Crippen molar-refractivity contribution in [2.45, 2.75) is 19.3 Å². The van der Waals surface area contributed by atoms with Gasteiger partial charge in [-0.15, -0.1) is 0 Å². The summed E-state index contributed by atoms with van der Waals surface area (Å²) in [6.07, 6.45) is 0. The minimum absolute atomic E-state index is 0.127. The highest BCUT2D eigenvalue weighted by Gasteiger charge is 2.36. The molecule has 1 heterocycles. The van der Waals surface area contributed by atoms with Crippen LogP contribution in [0.4, 0.5) is 17.1 Å². The van der Waals surface area contributed by atoms with Crippen LogP contribution in [0, 0.1) is 0 Å². The minimum Gasteiger partial charge on any atom is -0.456 e. The molecule has 49 heavy (non-hydrogen) atoms. The van der Waals surface area contributed by atoms with Crippen molar-refractivity contribution in [1.29, 1.82) is 0 Å². The van der Waals surface area contributed by atoms with E-state index in [2.05, 4.69) is 176 Å². The van der Waals surface area contributed by atoms with Crippen LogP contribution in [0.1, 0.15) is 25.0 Å². The van der Waals surface area contributed by atoms with Crippen LogP contribution in [0.2, 0.25) is 0 Å². The molecule has 8 aromatic carbocycles. The molecule has 0 saturated carbocycles. The van der Waals surface area contributed by atoms with Crippen molar-refractivity contribution in [2.24, 2.45) is 0 Å². The van der Waals surface area contributed by atoms with Crippen molar-refractivity contribution in [2.75, 3.05) is 4.90 Å². The lowest BCUT2D eigenvalue weighted by molar-refractivity contribution is 0.660. The van der Waals surface area contributed by atoms with Gasteiger partial charge in [0.05, 0.1) is 5.69 Å². The number of nitrogens with zero attached hydrogens (tertiary/aromatic N) is 1. The molecule has 1 aliphatic carbocycles. The van der Waals surface area contributed by atoms with Crippen LogP contribution in [-0.2, 0) is 5.41 Å². The first-order valence-electron chi connectivity index (χ1n) is 17.0. The number of rotatable bonds is 4. The maximum atomic E-state index is 6.48. The van der Waals surface area contributed by atoms with E-state index in [1.807, 2.05) is 6.07 Å². The van der Waals surface area contributed by atoms with Crippen molar-refractivity contribution in [3.8, 4) is 22.3 Å². The SMILES string of the molecule is CC1(C)c2ccccc2-c2ccc(N(c3ccc4c(c3)oc3ccccc34)c3ccc4ccccc4c3-c3cccc4ccccc34)cc21. The van der Waals surface area contributed by atoms with Crippen molar-refractivity contribution in [3.05, 3.63) is 175 Å². The Bertz CT molecular complexity index is 2760. The third-order valence-corrected chi connectivity index (χ3v) is 10.7. The first-order chi connectivity index (χ1) is 24.1. The normalized spacial score (nSPS) is 13.3. The molecule has 0 atom stereocenters. The van der Waals surface area contributed by atoms with E-state index in [-0.39, 0.29) is 5.41 Å². The van der Waals surface area contributed by atoms with Crippen LogP contribution in [0.25, 0.3) is 65.7 Å². The average molecular weight is 628 g/mol. The monoisotopic (exact) mass is 627 g/mol. The van der Waals surface area contributed by atoms with Gasteiger partial charge in [-0.2, -0.15) is 0 Å². The summed E-state index contributed by atoms with van der Waals surface area (Å²) < 4.78 is 6.48. The number of anilines is 3. The molecule has 0 bridgehead atoms. The molecule has 0 fully saturated rings. The zero-order valence-corrected chi connectivity index (χ0v) is 27.4. The predicted octanol–water partition coefficient (Wildman–Crippen LogP) is 13.3. The molecule has 1 aromatic heterocycles. The average Bonchev–Trinajstić information content (AvgIpc) is 3.63. The van der Waals surface area contributed by atoms with Gasteiger partial charge >= 0.3 is 0 Å². The van der Waals surface area contributed by atoms with Gasteiger partial charge in [-0.1, -0.05) is 135 Å². The Hall–Kier alpha value is -6.12. The van der Waals surface area contributed by atoms with E-state index >= 15 is 0 Å². The predicted molar refractivity (Wildman–Crippen MR) is 206 cm³/mol. The molecular formula is C47H33NO. The fourth-order valence-electron chi connectivity index (χ4n) is 8.29. The Morgan fingerprint density at radius 3 is 1.92 bits per heavy atom. The van der Waals surface area contributed by atoms with Crippen LogP contribution in [-0.4, -0.2) is 0 Å². The van der Waals surface area contributed by atoms with Crippen LogP contribution in [0.5, 0.6) is 0 Å². The smallest absolute Gasteiger partial charge is 0.137 e. The molecule has 0 unspecified atom stereocenters. The third-order valence-electron chi connectivity index (χ3n) is 10.7. The number of benzene rings is 8. The third kappa shape index (κ3) is 4.14. The summed E-state index contributed by atoms with van der Waals surface area (Å²) in [5.74, 6) is 0. The molecule has 0 N–H and O–H groups in total. The van der Waals surface area contributed by atoms with E-state index in [4.69, 9.17) is 4.42 Å². The van der Waals surface area contributed by atoms with Crippen LogP contribution >= 0.6 is 0 Å². The van der Waals surface area contributed by atoms with Crippen LogP contribution in [0.15, 0.2) is 168 Å². The Labute approximate surface area is 285 Å². The standard InChI is InChI=1S/C47H33NO/c1-47(2)41-20-9-7-17-36(41)37-25-23-32(28-42(37)47)48(33-24-26-39-38-18-8-10-21-44(38)49-45(39)29-33)43-27-22-31-13-4-6-16-35(31)46(43)40-19-11-14-30-12-3-5-15-34(30)40/h3-29H,1-2H3. The first kappa shape index (κ1) is 27.9. The molecule has 0 saturated heterocycles. The molecule has 0 amide bonds. The van der Waals surface area contributed by atoms with Gasteiger partial charge in [0.2, 0.25) is 0 Å². The maximum absolute atomic E-state index is 6.48. The second-order valence-corrected chi connectivity index (χ2v) is 13.7. The van der Waals surface area contributed by atoms with Crippen molar-refractivity contribution >= 4 is 60.5 Å². The summed E-state index contributed by atoms with van der Waals surface area (Å²) >= 11 is 0. The lowest BCUT2D eigenvalue weighted by Crippen LogP contribution is -2.17. The van der Waals surface area contributed by atoms with Gasteiger partial charge < -0.3 is 9.32 Å². The summed E-state index contributed by atoms with van der Waals surface area (Å²) in [7, 11) is 0. The van der Waals surface area contributed by atoms with E-state index in [1.165, 1.54) is 54.9 Å². The second kappa shape index (κ2) is 10.4. The van der Waals surface area contributed by atoms with Crippen LogP contribution < -0.4 is 4.90 Å². The van der Waals surface area contributed by atoms with Gasteiger partial charge in [0.25, 0.3) is 0 Å². The lowest BCUT2D eigenvalue weighted by atomic mass is 9.82. The molecule has 0 radical (unpaired) electrons. The minimum atomic E-state index is -0.127. The van der Waals surface area contributed by atoms with Crippen molar-refractivity contribution in [1.82, 2.24) is 0 Å². The van der Waals surface area contributed by atoms with E-state index in [0.29, 0.717) is 0 Å². The van der Waals surface area contributed by atoms with E-state index in [0.717, 1.165) is 39.0 Å². The first-order valence-corrected chi connectivity index (χ1v) is 17.0. The van der Waals surface area contributed by atoms with Crippen molar-refractivity contribution < 1.29 is 4.42 Å². The van der Waals surface area contributed by atoms with E-state index < -0.39 is 0 Å². The number of hydrogen-bond donors (Lipinski definition) is 0. The molecule has 0 aliphatic heterocycles. The van der Waals surface area contributed by atoms with Gasteiger partial charge in [0.15, 0.2) is 0 Å². The largest absolute Gasteiger partial charge is 0.456 e. The van der Waals surface area contributed by atoms with Gasteiger partial charge in [0, 0.05) is 39.2 Å². The molecule has 10 rings (SSSR count). The summed E-state index contributed by atoms with van der Waals surface area (Å²) in [6, 6.07) is 59.6. The zero-order chi connectivity index (χ0) is 32.7. The number of furan rings is 1. The Kier molecular flexibility index (Phi) is 5.95.